The standard InChI is InChI=1S/C23H14Cl2N4O2S/c1-12-2-4-13(5-3-12)22-28-29-20(26)18(21(30)27-23(29)32-22)11-17-6-7-19(31-17)14-8-15(24)10-16(25)9-14/h2-11,26H,1H3. The molecule has 1 N–H and O–H groups in total. The van der Waals surface area contributed by atoms with Gasteiger partial charge < -0.3 is 4.42 Å². The summed E-state index contributed by atoms with van der Waals surface area (Å²) < 4.78 is 5.84. The Labute approximate surface area is 197 Å². The highest BCUT2D eigenvalue weighted by molar-refractivity contribution is 8.27. The van der Waals surface area contributed by atoms with Crippen molar-refractivity contribution < 1.29 is 9.21 Å². The first kappa shape index (κ1) is 20.8. The number of amides is 1. The first-order valence-corrected chi connectivity index (χ1v) is 11.1. The lowest BCUT2D eigenvalue weighted by Crippen LogP contribution is -2.35. The summed E-state index contributed by atoms with van der Waals surface area (Å²) in [6.45, 7) is 2.01. The lowest BCUT2D eigenvalue weighted by molar-refractivity contribution is -0.114. The summed E-state index contributed by atoms with van der Waals surface area (Å²) in [6, 6.07) is 16.4. The van der Waals surface area contributed by atoms with Crippen molar-refractivity contribution in [3.05, 3.63) is 87.1 Å². The number of thioether (sulfide) groups is 1. The zero-order valence-corrected chi connectivity index (χ0v) is 18.9. The molecule has 0 atom stereocenters. The number of halogens is 2. The van der Waals surface area contributed by atoms with Crippen LogP contribution in [0.4, 0.5) is 0 Å². The monoisotopic (exact) mass is 480 g/mol. The molecule has 32 heavy (non-hydrogen) atoms. The Morgan fingerprint density at radius 2 is 1.75 bits per heavy atom. The number of furan rings is 1. The Bertz CT molecular complexity index is 1350. The Morgan fingerprint density at radius 3 is 2.47 bits per heavy atom. The van der Waals surface area contributed by atoms with Crippen molar-refractivity contribution in [1.82, 2.24) is 5.01 Å². The van der Waals surface area contributed by atoms with Gasteiger partial charge in [-0.05, 0) is 55.1 Å². The van der Waals surface area contributed by atoms with Gasteiger partial charge >= 0.3 is 0 Å². The summed E-state index contributed by atoms with van der Waals surface area (Å²) in [7, 11) is 0. The first-order valence-electron chi connectivity index (χ1n) is 9.51. The number of aliphatic imine (C=N–C) groups is 1. The van der Waals surface area contributed by atoms with Crippen molar-refractivity contribution in [3.63, 3.8) is 0 Å². The van der Waals surface area contributed by atoms with Gasteiger partial charge in [0.2, 0.25) is 5.17 Å². The predicted octanol–water partition coefficient (Wildman–Crippen LogP) is 6.23. The van der Waals surface area contributed by atoms with Gasteiger partial charge in [-0.15, -0.1) is 0 Å². The third kappa shape index (κ3) is 3.90. The Kier molecular flexibility index (Phi) is 5.25. The average molecular weight is 481 g/mol. The van der Waals surface area contributed by atoms with Gasteiger partial charge in [0.25, 0.3) is 5.91 Å². The largest absolute Gasteiger partial charge is 0.457 e. The van der Waals surface area contributed by atoms with Crippen LogP contribution in [0.25, 0.3) is 17.4 Å². The van der Waals surface area contributed by atoms with Crippen molar-refractivity contribution in [1.29, 1.82) is 5.41 Å². The lowest BCUT2D eigenvalue weighted by atomic mass is 10.1. The maximum Gasteiger partial charge on any atom is 0.283 e. The van der Waals surface area contributed by atoms with Gasteiger partial charge in [-0.3, -0.25) is 10.2 Å². The normalized spacial score (nSPS) is 17.0. The van der Waals surface area contributed by atoms with Crippen molar-refractivity contribution in [2.75, 3.05) is 0 Å². The number of benzene rings is 2. The van der Waals surface area contributed by atoms with Gasteiger partial charge in [-0.25, -0.2) is 0 Å². The summed E-state index contributed by atoms with van der Waals surface area (Å²) in [5, 5.41) is 16.4. The highest BCUT2D eigenvalue weighted by Gasteiger charge is 2.36. The number of hydrogen-bond acceptors (Lipinski definition) is 5. The Balaban J connectivity index is 1.44. The van der Waals surface area contributed by atoms with Crippen LogP contribution in [-0.2, 0) is 4.79 Å². The van der Waals surface area contributed by atoms with Crippen LogP contribution in [0.1, 0.15) is 16.9 Å². The van der Waals surface area contributed by atoms with Crippen LogP contribution in [0.2, 0.25) is 10.0 Å². The molecule has 1 amide bonds. The van der Waals surface area contributed by atoms with Crippen molar-refractivity contribution in [2.24, 2.45) is 10.1 Å². The fourth-order valence-corrected chi connectivity index (χ4v) is 4.65. The van der Waals surface area contributed by atoms with Crippen molar-refractivity contribution >= 4 is 63.0 Å². The number of fused-ring (bicyclic) bond motifs is 1. The van der Waals surface area contributed by atoms with Gasteiger partial charge in [0.1, 0.15) is 16.6 Å². The zero-order valence-electron chi connectivity index (χ0n) is 16.6. The number of nitrogens with one attached hydrogen (secondary N) is 1. The Morgan fingerprint density at radius 1 is 1.03 bits per heavy atom. The van der Waals surface area contributed by atoms with Crippen LogP contribution in [-0.4, -0.2) is 27.0 Å². The molecule has 2 aliphatic heterocycles. The molecule has 0 aliphatic carbocycles. The molecule has 0 bridgehead atoms. The molecule has 3 aromatic rings. The number of nitrogens with zero attached hydrogens (tertiary/aromatic N) is 3. The van der Waals surface area contributed by atoms with Crippen molar-refractivity contribution in [3.8, 4) is 11.3 Å². The van der Waals surface area contributed by atoms with E-state index < -0.39 is 5.91 Å². The molecule has 0 fully saturated rings. The predicted molar refractivity (Wildman–Crippen MR) is 129 cm³/mol. The molecule has 0 radical (unpaired) electrons. The van der Waals surface area contributed by atoms with E-state index in [2.05, 4.69) is 10.1 Å². The van der Waals surface area contributed by atoms with E-state index in [1.807, 2.05) is 31.2 Å². The number of carbonyl (C=O) groups is 1. The molecular weight excluding hydrogens is 467 g/mol. The first-order chi connectivity index (χ1) is 15.4. The summed E-state index contributed by atoms with van der Waals surface area (Å²) >= 11 is 13.4. The maximum absolute atomic E-state index is 12.6. The van der Waals surface area contributed by atoms with E-state index >= 15 is 0 Å². The number of rotatable bonds is 3. The fourth-order valence-electron chi connectivity index (χ4n) is 3.23. The second-order valence-electron chi connectivity index (χ2n) is 7.15. The van der Waals surface area contributed by atoms with Crippen LogP contribution < -0.4 is 0 Å². The third-order valence-corrected chi connectivity index (χ3v) is 6.21. The van der Waals surface area contributed by atoms with Gasteiger partial charge in [0, 0.05) is 21.2 Å². The molecule has 9 heteroatoms. The molecule has 0 saturated carbocycles. The van der Waals surface area contributed by atoms with Gasteiger partial charge in [-0.1, -0.05) is 53.0 Å². The van der Waals surface area contributed by atoms with Crippen LogP contribution in [0, 0.1) is 12.3 Å². The van der Waals surface area contributed by atoms with Crippen LogP contribution in [0.15, 0.2) is 74.7 Å². The average Bonchev–Trinajstić information content (AvgIpc) is 3.38. The van der Waals surface area contributed by atoms with Gasteiger partial charge in [0.05, 0.1) is 5.57 Å². The molecule has 0 spiro atoms. The van der Waals surface area contributed by atoms with E-state index in [0.717, 1.165) is 11.1 Å². The Hall–Kier alpha value is -3.13. The summed E-state index contributed by atoms with van der Waals surface area (Å²) in [6.07, 6.45) is 1.49. The summed E-state index contributed by atoms with van der Waals surface area (Å²) in [5.41, 5.74) is 2.84. The molecule has 3 heterocycles. The molecule has 158 valence electrons. The quantitative estimate of drug-likeness (QED) is 0.450. The van der Waals surface area contributed by atoms with Crippen LogP contribution in [0.3, 0.4) is 0 Å². The fraction of sp³-hybridized carbons (Fsp3) is 0.0435. The van der Waals surface area contributed by atoms with E-state index in [9.17, 15) is 4.79 Å². The van der Waals surface area contributed by atoms with E-state index in [0.29, 0.717) is 37.3 Å². The molecule has 1 aromatic heterocycles. The minimum absolute atomic E-state index is 0.0571. The molecule has 5 rings (SSSR count). The summed E-state index contributed by atoms with van der Waals surface area (Å²) in [5.74, 6) is 0.366. The number of hydrazone groups is 1. The smallest absolute Gasteiger partial charge is 0.283 e. The molecule has 2 aliphatic rings. The van der Waals surface area contributed by atoms with E-state index in [1.165, 1.54) is 22.8 Å². The number of carbonyl (C=O) groups excluding carboxylic acids is 1. The minimum Gasteiger partial charge on any atom is -0.457 e. The minimum atomic E-state index is -0.516. The molecule has 0 saturated heterocycles. The van der Waals surface area contributed by atoms with E-state index in [1.54, 1.807) is 30.3 Å². The van der Waals surface area contributed by atoms with E-state index in [4.69, 9.17) is 33.0 Å². The number of amidine groups is 2. The van der Waals surface area contributed by atoms with Gasteiger partial charge in [0.15, 0.2) is 5.84 Å². The second kappa shape index (κ2) is 8.09. The van der Waals surface area contributed by atoms with Crippen LogP contribution in [0.5, 0.6) is 0 Å². The van der Waals surface area contributed by atoms with Crippen LogP contribution >= 0.6 is 35.0 Å². The summed E-state index contributed by atoms with van der Waals surface area (Å²) in [4.78, 5) is 16.8. The highest BCUT2D eigenvalue weighted by Crippen LogP contribution is 2.32. The van der Waals surface area contributed by atoms with Gasteiger partial charge in [-0.2, -0.15) is 15.1 Å². The number of aryl methyl sites for hydroxylation is 1. The molecule has 0 unspecified atom stereocenters. The molecule has 2 aromatic carbocycles. The zero-order chi connectivity index (χ0) is 22.4. The topological polar surface area (TPSA) is 82.0 Å². The second-order valence-corrected chi connectivity index (χ2v) is 8.98. The maximum atomic E-state index is 12.6. The molecular formula is C23H14Cl2N4O2S. The molecule has 6 nitrogen and oxygen atoms in total. The SMILES string of the molecule is Cc1ccc(C2=NN3C(=N)C(=Cc4ccc(-c5cc(Cl)cc(Cl)c5)o4)C(=O)N=C3S2)cc1. The van der Waals surface area contributed by atoms with Crippen molar-refractivity contribution in [2.45, 2.75) is 6.92 Å². The third-order valence-electron chi connectivity index (χ3n) is 4.81. The number of hydrogen-bond donors (Lipinski definition) is 1. The highest BCUT2D eigenvalue weighted by atomic mass is 35.5. The van der Waals surface area contributed by atoms with E-state index in [-0.39, 0.29) is 11.4 Å². The lowest BCUT2D eigenvalue weighted by Gasteiger charge is -2.19.